The van der Waals surface area contributed by atoms with Gasteiger partial charge >= 0.3 is 0 Å². The van der Waals surface area contributed by atoms with Crippen molar-refractivity contribution in [2.75, 3.05) is 5.73 Å². The molecule has 0 saturated heterocycles. The molecule has 2 rings (SSSR count). The van der Waals surface area contributed by atoms with E-state index in [1.54, 1.807) is 6.20 Å². The number of nitrogen functional groups attached to an aromatic ring is 1. The molecule has 0 saturated carbocycles. The molecular formula is C11H11N5O2S. The highest BCUT2D eigenvalue weighted by atomic mass is 32.2. The van der Waals surface area contributed by atoms with Crippen molar-refractivity contribution in [2.24, 2.45) is 0 Å². The minimum atomic E-state index is -3.78. The first kappa shape index (κ1) is 13.1. The molecule has 0 amide bonds. The van der Waals surface area contributed by atoms with Crippen molar-refractivity contribution in [3.63, 3.8) is 0 Å². The van der Waals surface area contributed by atoms with Crippen LogP contribution in [0.4, 0.5) is 5.69 Å². The summed E-state index contributed by atoms with van der Waals surface area (Å²) >= 11 is 0. The van der Waals surface area contributed by atoms with E-state index in [-0.39, 0.29) is 17.0 Å². The van der Waals surface area contributed by atoms with Crippen molar-refractivity contribution in [1.82, 2.24) is 14.7 Å². The lowest BCUT2D eigenvalue weighted by Crippen LogP contribution is -2.24. The van der Waals surface area contributed by atoms with Gasteiger partial charge in [-0.3, -0.25) is 0 Å². The van der Waals surface area contributed by atoms with Gasteiger partial charge in [0.15, 0.2) is 0 Å². The van der Waals surface area contributed by atoms with Gasteiger partial charge < -0.3 is 10.7 Å². The Bertz CT molecular complexity index is 716. The van der Waals surface area contributed by atoms with E-state index < -0.39 is 10.0 Å². The number of aromatic nitrogens is 2. The average Bonchev–Trinajstić information content (AvgIpc) is 2.89. The van der Waals surface area contributed by atoms with Gasteiger partial charge in [-0.2, -0.15) is 5.26 Å². The summed E-state index contributed by atoms with van der Waals surface area (Å²) in [4.78, 5) is 6.58. The summed E-state index contributed by atoms with van der Waals surface area (Å²) in [6.07, 6.45) is 3.11. The van der Waals surface area contributed by atoms with Crippen LogP contribution in [-0.2, 0) is 16.6 Å². The molecule has 2 aromatic rings. The lowest BCUT2D eigenvalue weighted by Gasteiger charge is -2.07. The number of rotatable bonds is 4. The Labute approximate surface area is 110 Å². The van der Waals surface area contributed by atoms with Gasteiger partial charge in [0.2, 0.25) is 10.0 Å². The highest BCUT2D eigenvalue weighted by Gasteiger charge is 2.18. The fourth-order valence-corrected chi connectivity index (χ4v) is 2.63. The van der Waals surface area contributed by atoms with E-state index in [0.717, 1.165) is 0 Å². The number of anilines is 1. The van der Waals surface area contributed by atoms with Crippen molar-refractivity contribution in [3.8, 4) is 6.07 Å². The molecule has 0 aliphatic rings. The average molecular weight is 277 g/mol. The summed E-state index contributed by atoms with van der Waals surface area (Å²) in [5, 5.41) is 8.94. The second kappa shape index (κ2) is 5.09. The first-order chi connectivity index (χ1) is 9.03. The van der Waals surface area contributed by atoms with E-state index in [9.17, 15) is 8.42 Å². The van der Waals surface area contributed by atoms with Crippen LogP contribution in [0.2, 0.25) is 0 Å². The first-order valence-corrected chi connectivity index (χ1v) is 6.79. The number of hydrogen-bond acceptors (Lipinski definition) is 5. The predicted octanol–water partition coefficient (Wildman–Crippen LogP) is 0.342. The molecule has 0 bridgehead atoms. The summed E-state index contributed by atoms with van der Waals surface area (Å²) in [6.45, 7) is 0.0184. The van der Waals surface area contributed by atoms with Crippen molar-refractivity contribution in [3.05, 3.63) is 42.0 Å². The van der Waals surface area contributed by atoms with Gasteiger partial charge in [0, 0.05) is 18.1 Å². The number of nitrogens with two attached hydrogens (primary N) is 1. The van der Waals surface area contributed by atoms with Gasteiger partial charge in [-0.25, -0.2) is 18.1 Å². The molecule has 0 fully saturated rings. The molecule has 0 radical (unpaired) electrons. The maximum atomic E-state index is 12.1. The van der Waals surface area contributed by atoms with E-state index in [1.807, 2.05) is 6.07 Å². The van der Waals surface area contributed by atoms with Crippen molar-refractivity contribution < 1.29 is 8.42 Å². The monoisotopic (exact) mass is 277 g/mol. The van der Waals surface area contributed by atoms with Crippen LogP contribution in [0.3, 0.4) is 0 Å². The normalized spacial score (nSPS) is 11.1. The largest absolute Gasteiger partial charge is 0.399 e. The molecular weight excluding hydrogens is 266 g/mol. The minimum Gasteiger partial charge on any atom is -0.399 e. The summed E-state index contributed by atoms with van der Waals surface area (Å²) in [5.41, 5.74) is 5.86. The maximum absolute atomic E-state index is 12.1. The van der Waals surface area contributed by atoms with Crippen LogP contribution in [0, 0.1) is 11.3 Å². The molecule has 0 unspecified atom stereocenters. The number of sulfonamides is 1. The highest BCUT2D eigenvalue weighted by molar-refractivity contribution is 7.89. The van der Waals surface area contributed by atoms with E-state index in [0.29, 0.717) is 11.5 Å². The Balaban J connectivity index is 2.27. The molecule has 8 heteroatoms. The van der Waals surface area contributed by atoms with Crippen LogP contribution in [0.5, 0.6) is 0 Å². The first-order valence-electron chi connectivity index (χ1n) is 5.30. The molecule has 1 heterocycles. The molecule has 0 spiro atoms. The quantitative estimate of drug-likeness (QED) is 0.695. The number of hydrogen-bond donors (Lipinski definition) is 3. The van der Waals surface area contributed by atoms with Crippen LogP contribution in [0.1, 0.15) is 11.4 Å². The van der Waals surface area contributed by atoms with Crippen LogP contribution < -0.4 is 10.5 Å². The van der Waals surface area contributed by atoms with Gasteiger partial charge in [0.05, 0.1) is 17.0 Å². The summed E-state index contributed by atoms with van der Waals surface area (Å²) in [7, 11) is -3.78. The molecule has 1 aromatic heterocycles. The molecule has 98 valence electrons. The fourth-order valence-electron chi connectivity index (χ4n) is 1.51. The van der Waals surface area contributed by atoms with E-state index in [2.05, 4.69) is 14.7 Å². The Kier molecular flexibility index (Phi) is 3.50. The second-order valence-electron chi connectivity index (χ2n) is 3.73. The van der Waals surface area contributed by atoms with E-state index in [1.165, 1.54) is 24.4 Å². The van der Waals surface area contributed by atoms with Crippen molar-refractivity contribution in [2.45, 2.75) is 11.4 Å². The number of nitrogens with zero attached hydrogens (tertiary/aromatic N) is 2. The fraction of sp³-hybridized carbons (Fsp3) is 0.0909. The van der Waals surface area contributed by atoms with Crippen LogP contribution in [-0.4, -0.2) is 18.4 Å². The Hall–Kier alpha value is -2.37. The summed E-state index contributed by atoms with van der Waals surface area (Å²) in [6, 6.07) is 5.87. The molecule has 1 aromatic carbocycles. The number of benzene rings is 1. The molecule has 0 atom stereocenters. The zero-order chi connectivity index (χ0) is 13.9. The number of nitriles is 1. The van der Waals surface area contributed by atoms with Crippen LogP contribution >= 0.6 is 0 Å². The zero-order valence-corrected chi connectivity index (χ0v) is 10.6. The zero-order valence-electron chi connectivity index (χ0n) is 9.79. The SMILES string of the molecule is N#Cc1cc(N)ccc1S(=O)(=O)NCc1ncc[nH]1. The van der Waals surface area contributed by atoms with Gasteiger partial charge in [-0.05, 0) is 18.2 Å². The second-order valence-corrected chi connectivity index (χ2v) is 5.46. The Morgan fingerprint density at radius 2 is 2.26 bits per heavy atom. The Morgan fingerprint density at radius 1 is 1.47 bits per heavy atom. The van der Waals surface area contributed by atoms with Crippen molar-refractivity contribution >= 4 is 15.7 Å². The van der Waals surface area contributed by atoms with E-state index >= 15 is 0 Å². The van der Waals surface area contributed by atoms with E-state index in [4.69, 9.17) is 11.0 Å². The maximum Gasteiger partial charge on any atom is 0.242 e. The summed E-state index contributed by atoms with van der Waals surface area (Å²) in [5.74, 6) is 0.484. The van der Waals surface area contributed by atoms with Crippen molar-refractivity contribution in [1.29, 1.82) is 5.26 Å². The van der Waals surface area contributed by atoms with Crippen LogP contribution in [0.15, 0.2) is 35.5 Å². The predicted molar refractivity (Wildman–Crippen MR) is 68.2 cm³/mol. The third-order valence-corrected chi connectivity index (χ3v) is 3.86. The smallest absolute Gasteiger partial charge is 0.242 e. The molecule has 19 heavy (non-hydrogen) atoms. The van der Waals surface area contributed by atoms with Gasteiger partial charge in [0.1, 0.15) is 11.9 Å². The third kappa shape index (κ3) is 2.90. The standard InChI is InChI=1S/C11H11N5O2S/c12-6-8-5-9(13)1-2-10(8)19(17,18)16-7-11-14-3-4-15-11/h1-5,16H,7,13H2,(H,14,15). The van der Waals surface area contributed by atoms with Gasteiger partial charge in [-0.1, -0.05) is 0 Å². The number of imidazole rings is 1. The number of nitrogens with one attached hydrogen (secondary N) is 2. The topological polar surface area (TPSA) is 125 Å². The molecule has 4 N–H and O–H groups in total. The minimum absolute atomic E-state index is 0.00643. The van der Waals surface area contributed by atoms with Crippen LogP contribution in [0.25, 0.3) is 0 Å². The Morgan fingerprint density at radius 3 is 2.89 bits per heavy atom. The third-order valence-electron chi connectivity index (χ3n) is 2.40. The highest BCUT2D eigenvalue weighted by Crippen LogP contribution is 2.18. The number of aromatic amines is 1. The lowest BCUT2D eigenvalue weighted by molar-refractivity contribution is 0.579. The summed E-state index contributed by atoms with van der Waals surface area (Å²) < 4.78 is 26.5. The number of H-pyrrole nitrogens is 1. The molecule has 7 nitrogen and oxygen atoms in total. The van der Waals surface area contributed by atoms with Gasteiger partial charge in [0.25, 0.3) is 0 Å². The lowest BCUT2D eigenvalue weighted by atomic mass is 10.2. The molecule has 0 aliphatic carbocycles. The molecule has 0 aliphatic heterocycles. The van der Waals surface area contributed by atoms with Gasteiger partial charge in [-0.15, -0.1) is 0 Å².